The summed E-state index contributed by atoms with van der Waals surface area (Å²) in [5.74, 6) is -0.516. The first-order chi connectivity index (χ1) is 14.4. The van der Waals surface area contributed by atoms with Crippen LogP contribution in [0.1, 0.15) is 21.7 Å². The minimum atomic E-state index is -0.536. The highest BCUT2D eigenvalue weighted by Gasteiger charge is 2.19. The smallest absolute Gasteiger partial charge is 0.295 e. The summed E-state index contributed by atoms with van der Waals surface area (Å²) in [6.45, 7) is 3.90. The van der Waals surface area contributed by atoms with Gasteiger partial charge in [0.1, 0.15) is 5.82 Å². The van der Waals surface area contributed by atoms with Crippen LogP contribution in [0.3, 0.4) is 0 Å². The summed E-state index contributed by atoms with van der Waals surface area (Å²) in [5, 5.41) is 7.63. The Labute approximate surface area is 178 Å². The fourth-order valence-corrected chi connectivity index (χ4v) is 3.12. The molecule has 0 fully saturated rings. The van der Waals surface area contributed by atoms with Gasteiger partial charge in [-0.05, 0) is 49.7 Å². The van der Waals surface area contributed by atoms with E-state index in [1.807, 2.05) is 50.2 Å². The molecule has 0 bridgehead atoms. The van der Waals surface area contributed by atoms with Gasteiger partial charge in [0.25, 0.3) is 5.91 Å². The molecule has 1 amide bonds. The van der Waals surface area contributed by atoms with Gasteiger partial charge in [0.2, 0.25) is 5.82 Å². The van der Waals surface area contributed by atoms with Crippen LogP contribution in [0.5, 0.6) is 0 Å². The summed E-state index contributed by atoms with van der Waals surface area (Å²) in [6.07, 6.45) is 0. The summed E-state index contributed by atoms with van der Waals surface area (Å²) in [5.41, 5.74) is 3.84. The van der Waals surface area contributed by atoms with Crippen molar-refractivity contribution < 1.29 is 9.18 Å². The third kappa shape index (κ3) is 4.09. The molecule has 7 heteroatoms. The Bertz CT molecular complexity index is 1230. The molecule has 0 saturated carbocycles. The van der Waals surface area contributed by atoms with Crippen molar-refractivity contribution >= 4 is 23.2 Å². The maximum atomic E-state index is 13.4. The fourth-order valence-electron chi connectivity index (χ4n) is 2.94. The summed E-state index contributed by atoms with van der Waals surface area (Å²) in [7, 11) is 0. The second kappa shape index (κ2) is 8.08. The number of nitrogens with one attached hydrogen (secondary N) is 1. The monoisotopic (exact) mass is 420 g/mol. The molecule has 0 aliphatic rings. The van der Waals surface area contributed by atoms with Crippen LogP contribution in [0.15, 0.2) is 66.7 Å². The van der Waals surface area contributed by atoms with Crippen LogP contribution in [-0.4, -0.2) is 20.7 Å². The molecule has 5 nitrogen and oxygen atoms in total. The van der Waals surface area contributed by atoms with E-state index in [0.717, 1.165) is 16.7 Å². The molecule has 1 aromatic heterocycles. The second-order valence-corrected chi connectivity index (χ2v) is 7.34. The molecule has 3 aromatic carbocycles. The molecule has 0 atom stereocenters. The summed E-state index contributed by atoms with van der Waals surface area (Å²) >= 11 is 6.30. The molecule has 0 radical (unpaired) electrons. The van der Waals surface area contributed by atoms with Gasteiger partial charge >= 0.3 is 0 Å². The largest absolute Gasteiger partial charge is 0.319 e. The zero-order chi connectivity index (χ0) is 21.3. The maximum Gasteiger partial charge on any atom is 0.295 e. The van der Waals surface area contributed by atoms with Gasteiger partial charge in [0, 0.05) is 16.3 Å². The quantitative estimate of drug-likeness (QED) is 0.467. The number of halogens is 2. The molecule has 1 heterocycles. The number of aromatic nitrogens is 3. The average Bonchev–Trinajstić information content (AvgIpc) is 3.16. The van der Waals surface area contributed by atoms with E-state index < -0.39 is 11.7 Å². The van der Waals surface area contributed by atoms with Crippen LogP contribution in [0, 0.1) is 19.7 Å². The molecular weight excluding hydrogens is 403 g/mol. The number of hydrogen-bond donors (Lipinski definition) is 1. The molecule has 1 N–H and O–H groups in total. The highest BCUT2D eigenvalue weighted by atomic mass is 35.5. The van der Waals surface area contributed by atoms with Crippen LogP contribution < -0.4 is 5.32 Å². The fraction of sp³-hybridized carbons (Fsp3) is 0.0870. The molecule has 0 saturated heterocycles. The number of hydrogen-bond acceptors (Lipinski definition) is 3. The highest BCUT2D eigenvalue weighted by Crippen LogP contribution is 2.25. The van der Waals surface area contributed by atoms with Crippen molar-refractivity contribution in [3.63, 3.8) is 0 Å². The Balaban J connectivity index is 1.77. The average molecular weight is 421 g/mol. The van der Waals surface area contributed by atoms with Crippen molar-refractivity contribution in [2.75, 3.05) is 5.32 Å². The third-order valence-electron chi connectivity index (χ3n) is 4.60. The van der Waals surface area contributed by atoms with Crippen molar-refractivity contribution in [3.8, 4) is 17.1 Å². The van der Waals surface area contributed by atoms with Gasteiger partial charge in [-0.1, -0.05) is 53.6 Å². The summed E-state index contributed by atoms with van der Waals surface area (Å²) < 4.78 is 15.0. The number of benzene rings is 3. The number of carbonyl (C=O) groups excluding carboxylic acids is 1. The lowest BCUT2D eigenvalue weighted by atomic mass is 10.1. The van der Waals surface area contributed by atoms with E-state index in [1.165, 1.54) is 18.2 Å². The normalized spacial score (nSPS) is 10.8. The lowest BCUT2D eigenvalue weighted by molar-refractivity contribution is 0.101. The van der Waals surface area contributed by atoms with Crippen LogP contribution >= 0.6 is 11.6 Å². The number of carbonyl (C=O) groups is 1. The number of aryl methyl sites for hydroxylation is 2. The van der Waals surface area contributed by atoms with E-state index in [-0.39, 0.29) is 5.82 Å². The van der Waals surface area contributed by atoms with Gasteiger partial charge < -0.3 is 5.32 Å². The first-order valence-electron chi connectivity index (χ1n) is 9.28. The molecule has 150 valence electrons. The van der Waals surface area contributed by atoms with E-state index >= 15 is 0 Å². The molecule has 0 aliphatic carbocycles. The molecule has 0 spiro atoms. The first kappa shape index (κ1) is 19.8. The predicted octanol–water partition coefficient (Wildman–Crippen LogP) is 5.60. The SMILES string of the molecule is Cc1ccc(-c2nc(C(=O)Nc3cccc(F)c3)nn2-c2ccc(C)c(Cl)c2)cc1. The topological polar surface area (TPSA) is 59.8 Å². The lowest BCUT2D eigenvalue weighted by Crippen LogP contribution is -2.14. The van der Waals surface area contributed by atoms with Crippen molar-refractivity contribution in [1.29, 1.82) is 0 Å². The molecular formula is C23H18ClFN4O. The minimum Gasteiger partial charge on any atom is -0.319 e. The molecule has 4 aromatic rings. The lowest BCUT2D eigenvalue weighted by Gasteiger charge is -2.08. The second-order valence-electron chi connectivity index (χ2n) is 6.93. The molecule has 30 heavy (non-hydrogen) atoms. The number of amides is 1. The Morgan fingerprint density at radius 2 is 1.80 bits per heavy atom. The zero-order valence-corrected chi connectivity index (χ0v) is 17.1. The van der Waals surface area contributed by atoms with Crippen molar-refractivity contribution in [1.82, 2.24) is 14.8 Å². The van der Waals surface area contributed by atoms with E-state index in [2.05, 4.69) is 15.4 Å². The van der Waals surface area contributed by atoms with Crippen LogP contribution in [0.2, 0.25) is 5.02 Å². The van der Waals surface area contributed by atoms with Gasteiger partial charge in [0.05, 0.1) is 5.69 Å². The van der Waals surface area contributed by atoms with Gasteiger partial charge in [0.15, 0.2) is 5.82 Å². The van der Waals surface area contributed by atoms with Crippen molar-refractivity contribution in [2.45, 2.75) is 13.8 Å². The highest BCUT2D eigenvalue weighted by molar-refractivity contribution is 6.31. The van der Waals surface area contributed by atoms with Gasteiger partial charge in [-0.25, -0.2) is 14.1 Å². The molecule has 0 aliphatic heterocycles. The van der Waals surface area contributed by atoms with Crippen LogP contribution in [0.25, 0.3) is 17.1 Å². The van der Waals surface area contributed by atoms with Crippen LogP contribution in [0.4, 0.5) is 10.1 Å². The Morgan fingerprint density at radius 1 is 1.03 bits per heavy atom. The first-order valence-corrected chi connectivity index (χ1v) is 9.66. The van der Waals surface area contributed by atoms with E-state index in [4.69, 9.17) is 11.6 Å². The van der Waals surface area contributed by atoms with Crippen molar-refractivity contribution in [2.24, 2.45) is 0 Å². The Hall–Kier alpha value is -3.51. The summed E-state index contributed by atoms with van der Waals surface area (Å²) in [6, 6.07) is 18.9. The zero-order valence-electron chi connectivity index (χ0n) is 16.4. The standard InChI is InChI=1S/C23H18ClFN4O/c1-14-6-9-16(10-7-14)22-27-21(23(30)26-18-5-3-4-17(25)12-18)28-29(22)19-11-8-15(2)20(24)13-19/h3-13H,1-2H3,(H,26,30). The van der Waals surface area contributed by atoms with E-state index in [1.54, 1.807) is 16.8 Å². The Morgan fingerprint density at radius 3 is 2.50 bits per heavy atom. The molecule has 4 rings (SSSR count). The number of anilines is 1. The maximum absolute atomic E-state index is 13.4. The van der Waals surface area contributed by atoms with Gasteiger partial charge in [-0.3, -0.25) is 4.79 Å². The third-order valence-corrected chi connectivity index (χ3v) is 5.01. The van der Waals surface area contributed by atoms with Crippen molar-refractivity contribution in [3.05, 3.63) is 94.5 Å². The minimum absolute atomic E-state index is 0.0356. The predicted molar refractivity (Wildman–Crippen MR) is 116 cm³/mol. The molecule has 0 unspecified atom stereocenters. The summed E-state index contributed by atoms with van der Waals surface area (Å²) in [4.78, 5) is 17.2. The number of nitrogens with zero attached hydrogens (tertiary/aromatic N) is 3. The van der Waals surface area contributed by atoms with E-state index in [0.29, 0.717) is 22.2 Å². The number of rotatable bonds is 4. The van der Waals surface area contributed by atoms with Crippen LogP contribution in [-0.2, 0) is 0 Å². The van der Waals surface area contributed by atoms with Gasteiger partial charge in [-0.2, -0.15) is 0 Å². The van der Waals surface area contributed by atoms with Gasteiger partial charge in [-0.15, -0.1) is 5.10 Å². The Kier molecular flexibility index (Phi) is 5.33. The van der Waals surface area contributed by atoms with E-state index in [9.17, 15) is 9.18 Å².